The highest BCUT2D eigenvalue weighted by atomic mass is 35.5. The third-order valence-electron chi connectivity index (χ3n) is 3.79. The number of anilines is 1. The third-order valence-corrected chi connectivity index (χ3v) is 4.53. The molecule has 3 aromatic rings. The molecule has 0 saturated heterocycles. The van der Waals surface area contributed by atoms with Gasteiger partial charge in [-0.15, -0.1) is 0 Å². The molecule has 2 heterocycles. The molecule has 4 rings (SSSR count). The van der Waals surface area contributed by atoms with Crippen molar-refractivity contribution in [2.45, 2.75) is 6.61 Å². The van der Waals surface area contributed by atoms with Crippen molar-refractivity contribution in [3.8, 4) is 17.2 Å². The molecule has 1 aromatic heterocycles. The van der Waals surface area contributed by atoms with Crippen LogP contribution in [0.25, 0.3) is 0 Å². The summed E-state index contributed by atoms with van der Waals surface area (Å²) in [6.07, 6.45) is 0. The maximum Gasteiger partial charge on any atom is 0.291 e. The predicted molar refractivity (Wildman–Crippen MR) is 100 cm³/mol. The van der Waals surface area contributed by atoms with Crippen LogP contribution in [0.3, 0.4) is 0 Å². The maximum absolute atomic E-state index is 12.3. The molecule has 27 heavy (non-hydrogen) atoms. The molecular weight excluding hydrogens is 393 g/mol. The summed E-state index contributed by atoms with van der Waals surface area (Å²) in [5.41, 5.74) is 0.518. The molecule has 1 N–H and O–H groups in total. The molecule has 0 saturated carbocycles. The molecule has 0 aliphatic carbocycles. The van der Waals surface area contributed by atoms with Gasteiger partial charge in [-0.1, -0.05) is 23.2 Å². The molecule has 0 radical (unpaired) electrons. The molecular formula is C19H13Cl2NO5. The number of benzene rings is 2. The lowest BCUT2D eigenvalue weighted by Crippen LogP contribution is -2.10. The van der Waals surface area contributed by atoms with Crippen molar-refractivity contribution >= 4 is 34.8 Å². The Hall–Kier alpha value is -2.83. The summed E-state index contributed by atoms with van der Waals surface area (Å²) < 4.78 is 21.8. The Bertz CT molecular complexity index is 1000. The lowest BCUT2D eigenvalue weighted by Gasteiger charge is -2.06. The molecule has 0 atom stereocenters. The van der Waals surface area contributed by atoms with E-state index in [1.807, 2.05) is 0 Å². The third kappa shape index (κ3) is 3.97. The largest absolute Gasteiger partial charge is 0.486 e. The zero-order valence-electron chi connectivity index (χ0n) is 13.8. The SMILES string of the molecule is O=C(Nc1ccc(Cl)c(Cl)c1)c1ccc(COc2ccc3c(c2)OCO3)o1. The average Bonchev–Trinajstić information content (AvgIpc) is 3.31. The minimum Gasteiger partial charge on any atom is -0.486 e. The number of amides is 1. The second-order valence-electron chi connectivity index (χ2n) is 5.65. The second-order valence-corrected chi connectivity index (χ2v) is 6.47. The monoisotopic (exact) mass is 405 g/mol. The zero-order chi connectivity index (χ0) is 18.8. The van der Waals surface area contributed by atoms with Gasteiger partial charge in [0.15, 0.2) is 17.3 Å². The van der Waals surface area contributed by atoms with Crippen molar-refractivity contribution in [3.63, 3.8) is 0 Å². The predicted octanol–water partition coefficient (Wildman–Crippen LogP) is 5.15. The molecule has 0 spiro atoms. The first-order chi connectivity index (χ1) is 13.1. The highest BCUT2D eigenvalue weighted by molar-refractivity contribution is 6.42. The minimum absolute atomic E-state index is 0.158. The van der Waals surface area contributed by atoms with Gasteiger partial charge >= 0.3 is 0 Å². The van der Waals surface area contributed by atoms with Gasteiger partial charge in [-0.3, -0.25) is 4.79 Å². The van der Waals surface area contributed by atoms with Gasteiger partial charge in [0, 0.05) is 11.8 Å². The number of carbonyl (C=O) groups is 1. The van der Waals surface area contributed by atoms with Crippen molar-refractivity contribution < 1.29 is 23.4 Å². The normalized spacial score (nSPS) is 12.1. The van der Waals surface area contributed by atoms with Gasteiger partial charge in [-0.25, -0.2) is 0 Å². The van der Waals surface area contributed by atoms with Gasteiger partial charge in [-0.2, -0.15) is 0 Å². The fourth-order valence-corrected chi connectivity index (χ4v) is 2.76. The summed E-state index contributed by atoms with van der Waals surface area (Å²) in [7, 11) is 0. The van der Waals surface area contributed by atoms with Gasteiger partial charge in [0.1, 0.15) is 18.1 Å². The smallest absolute Gasteiger partial charge is 0.291 e. The number of furan rings is 1. The first-order valence-corrected chi connectivity index (χ1v) is 8.71. The average molecular weight is 406 g/mol. The van der Waals surface area contributed by atoms with Crippen LogP contribution >= 0.6 is 23.2 Å². The lowest BCUT2D eigenvalue weighted by atomic mass is 10.3. The van der Waals surface area contributed by atoms with Gasteiger partial charge < -0.3 is 23.9 Å². The van der Waals surface area contributed by atoms with E-state index < -0.39 is 5.91 Å². The van der Waals surface area contributed by atoms with E-state index in [1.165, 1.54) is 0 Å². The standard InChI is InChI=1S/C19H13Cl2NO5/c20-14-4-1-11(7-15(14)21)22-19(23)17-6-3-13(27-17)9-24-12-2-5-16-18(8-12)26-10-25-16/h1-8H,9-10H2,(H,22,23). The summed E-state index contributed by atoms with van der Waals surface area (Å²) in [5, 5.41) is 3.46. The van der Waals surface area contributed by atoms with Gasteiger partial charge in [0.05, 0.1) is 10.0 Å². The highest BCUT2D eigenvalue weighted by Gasteiger charge is 2.15. The van der Waals surface area contributed by atoms with E-state index in [4.69, 9.17) is 41.8 Å². The van der Waals surface area contributed by atoms with Crippen LogP contribution in [0, 0.1) is 0 Å². The van der Waals surface area contributed by atoms with Crippen molar-refractivity contribution in [1.82, 2.24) is 0 Å². The van der Waals surface area contributed by atoms with Crippen molar-refractivity contribution in [3.05, 3.63) is 70.1 Å². The Kier molecular flexibility index (Phi) is 4.83. The quantitative estimate of drug-likeness (QED) is 0.635. The summed E-state index contributed by atoms with van der Waals surface area (Å²) >= 11 is 11.8. The lowest BCUT2D eigenvalue weighted by molar-refractivity contribution is 0.0992. The molecule has 1 aliphatic heterocycles. The van der Waals surface area contributed by atoms with E-state index in [2.05, 4.69) is 5.32 Å². The van der Waals surface area contributed by atoms with E-state index in [0.29, 0.717) is 38.7 Å². The van der Waals surface area contributed by atoms with Crippen LogP contribution in [-0.2, 0) is 6.61 Å². The molecule has 0 fully saturated rings. The van der Waals surface area contributed by atoms with Crippen LogP contribution in [0.2, 0.25) is 10.0 Å². The van der Waals surface area contributed by atoms with Crippen LogP contribution in [0.15, 0.2) is 52.9 Å². The summed E-state index contributed by atoms with van der Waals surface area (Å²) in [5.74, 6) is 2.19. The zero-order valence-corrected chi connectivity index (χ0v) is 15.3. The summed E-state index contributed by atoms with van der Waals surface area (Å²) in [4.78, 5) is 12.3. The number of fused-ring (bicyclic) bond motifs is 1. The summed E-state index contributed by atoms with van der Waals surface area (Å²) in [6.45, 7) is 0.369. The minimum atomic E-state index is -0.400. The Labute approximate surface area is 164 Å². The van der Waals surface area contributed by atoms with Crippen LogP contribution in [0.4, 0.5) is 5.69 Å². The number of rotatable bonds is 5. The first-order valence-electron chi connectivity index (χ1n) is 7.96. The number of hydrogen-bond donors (Lipinski definition) is 1. The fourth-order valence-electron chi connectivity index (χ4n) is 2.47. The van der Waals surface area contributed by atoms with Gasteiger partial charge in [-0.05, 0) is 42.5 Å². The molecule has 0 bridgehead atoms. The molecule has 0 unspecified atom stereocenters. The fraction of sp³-hybridized carbons (Fsp3) is 0.105. The number of ether oxygens (including phenoxy) is 3. The van der Waals surface area contributed by atoms with Crippen molar-refractivity contribution in [1.29, 1.82) is 0 Å². The Morgan fingerprint density at radius 3 is 2.70 bits per heavy atom. The van der Waals surface area contributed by atoms with Crippen LogP contribution in [-0.4, -0.2) is 12.7 Å². The van der Waals surface area contributed by atoms with E-state index >= 15 is 0 Å². The van der Waals surface area contributed by atoms with E-state index in [-0.39, 0.29) is 19.2 Å². The number of hydrogen-bond acceptors (Lipinski definition) is 5. The summed E-state index contributed by atoms with van der Waals surface area (Å²) in [6, 6.07) is 13.4. The first kappa shape index (κ1) is 17.6. The Balaban J connectivity index is 1.37. The van der Waals surface area contributed by atoms with Gasteiger partial charge in [0.2, 0.25) is 6.79 Å². The molecule has 6 nitrogen and oxygen atoms in total. The van der Waals surface area contributed by atoms with Crippen molar-refractivity contribution in [2.24, 2.45) is 0 Å². The highest BCUT2D eigenvalue weighted by Crippen LogP contribution is 2.35. The molecule has 2 aromatic carbocycles. The number of nitrogens with one attached hydrogen (secondary N) is 1. The molecule has 1 amide bonds. The molecule has 8 heteroatoms. The van der Waals surface area contributed by atoms with Gasteiger partial charge in [0.25, 0.3) is 5.91 Å². The maximum atomic E-state index is 12.3. The number of halogens is 2. The van der Waals surface area contributed by atoms with Crippen LogP contribution in [0.5, 0.6) is 17.2 Å². The number of carbonyl (C=O) groups excluding carboxylic acids is 1. The Morgan fingerprint density at radius 1 is 1.00 bits per heavy atom. The van der Waals surface area contributed by atoms with Crippen LogP contribution < -0.4 is 19.5 Å². The van der Waals surface area contributed by atoms with E-state index in [0.717, 1.165) is 0 Å². The topological polar surface area (TPSA) is 69.9 Å². The van der Waals surface area contributed by atoms with Crippen LogP contribution in [0.1, 0.15) is 16.3 Å². The molecule has 1 aliphatic rings. The van der Waals surface area contributed by atoms with Crippen molar-refractivity contribution in [2.75, 3.05) is 12.1 Å². The Morgan fingerprint density at radius 2 is 1.85 bits per heavy atom. The second kappa shape index (κ2) is 7.42. The van der Waals surface area contributed by atoms with E-state index in [1.54, 1.807) is 48.5 Å². The molecule has 138 valence electrons. The van der Waals surface area contributed by atoms with E-state index in [9.17, 15) is 4.79 Å².